The molecule has 0 spiro atoms. The molecule has 0 aliphatic heterocycles. The largest absolute Gasteiger partial charge is 0.490 e. The molecule has 106 valence electrons. The molecule has 1 nitrogen and oxygen atoms in total. The summed E-state index contributed by atoms with van der Waals surface area (Å²) in [5.74, 6) is -0.195. The molecule has 0 amide bonds. The topological polar surface area (TPSA) is 9.23 Å². The van der Waals surface area contributed by atoms with Gasteiger partial charge in [-0.15, -0.1) is 0 Å². The average molecular weight is 350 g/mol. The Labute approximate surface area is 127 Å². The Hall–Kier alpha value is -0.280. The van der Waals surface area contributed by atoms with Crippen LogP contribution in [0.1, 0.15) is 38.5 Å². The number of alkyl halides is 1. The molecule has 19 heavy (non-hydrogen) atoms. The van der Waals surface area contributed by atoms with Gasteiger partial charge < -0.3 is 4.74 Å². The van der Waals surface area contributed by atoms with Gasteiger partial charge in [0, 0.05) is 10.7 Å². The molecule has 0 saturated heterocycles. The SMILES string of the molecule is Fc1c(Cl)cccc1OCC1(CBr)CCCCCC1. The molecule has 1 aliphatic rings. The zero-order chi connectivity index (χ0) is 13.7. The molecule has 0 aromatic heterocycles. The molecular weight excluding hydrogens is 331 g/mol. The first kappa shape index (κ1) is 15.1. The number of ether oxygens (including phenoxy) is 1. The summed E-state index contributed by atoms with van der Waals surface area (Å²) < 4.78 is 19.5. The number of benzene rings is 1. The van der Waals surface area contributed by atoms with Crippen molar-refractivity contribution in [3.05, 3.63) is 29.0 Å². The van der Waals surface area contributed by atoms with Crippen molar-refractivity contribution in [1.82, 2.24) is 0 Å². The lowest BCUT2D eigenvalue weighted by atomic mass is 9.83. The van der Waals surface area contributed by atoms with E-state index in [9.17, 15) is 4.39 Å². The summed E-state index contributed by atoms with van der Waals surface area (Å²) in [6, 6.07) is 4.89. The third-order valence-corrected chi connectivity index (χ3v) is 5.38. The quantitative estimate of drug-likeness (QED) is 0.508. The van der Waals surface area contributed by atoms with Gasteiger partial charge in [0.05, 0.1) is 11.6 Å². The van der Waals surface area contributed by atoms with Gasteiger partial charge in [0.15, 0.2) is 11.6 Å². The summed E-state index contributed by atoms with van der Waals surface area (Å²) >= 11 is 9.38. The molecule has 4 heteroatoms. The summed E-state index contributed by atoms with van der Waals surface area (Å²) in [7, 11) is 0. The highest BCUT2D eigenvalue weighted by Crippen LogP contribution is 2.37. The number of hydrogen-bond donors (Lipinski definition) is 0. The molecule has 1 aromatic carbocycles. The van der Waals surface area contributed by atoms with Crippen LogP contribution in [-0.4, -0.2) is 11.9 Å². The van der Waals surface area contributed by atoms with E-state index >= 15 is 0 Å². The van der Waals surface area contributed by atoms with Crippen LogP contribution in [0.5, 0.6) is 5.75 Å². The van der Waals surface area contributed by atoms with Crippen molar-refractivity contribution in [1.29, 1.82) is 0 Å². The van der Waals surface area contributed by atoms with Gasteiger partial charge in [0.25, 0.3) is 0 Å². The van der Waals surface area contributed by atoms with Gasteiger partial charge >= 0.3 is 0 Å². The van der Waals surface area contributed by atoms with E-state index in [2.05, 4.69) is 15.9 Å². The lowest BCUT2D eigenvalue weighted by Gasteiger charge is -2.30. The van der Waals surface area contributed by atoms with Crippen molar-refractivity contribution in [3.8, 4) is 5.75 Å². The Morgan fingerprint density at radius 2 is 1.89 bits per heavy atom. The third-order valence-electron chi connectivity index (χ3n) is 3.90. The number of hydrogen-bond acceptors (Lipinski definition) is 1. The smallest absolute Gasteiger partial charge is 0.183 e. The molecule has 0 atom stereocenters. The second-order valence-electron chi connectivity index (χ2n) is 5.39. The maximum Gasteiger partial charge on any atom is 0.183 e. The molecule has 0 radical (unpaired) electrons. The first-order valence-electron chi connectivity index (χ1n) is 6.80. The maximum absolute atomic E-state index is 13.8. The van der Waals surface area contributed by atoms with Crippen molar-refractivity contribution in [3.63, 3.8) is 0 Å². The Morgan fingerprint density at radius 1 is 1.21 bits per heavy atom. The highest BCUT2D eigenvalue weighted by atomic mass is 79.9. The molecule has 0 unspecified atom stereocenters. The third kappa shape index (κ3) is 3.85. The standard InChI is InChI=1S/C15H19BrClFO/c16-10-15(8-3-1-2-4-9-15)11-19-13-7-5-6-12(17)14(13)18/h5-7H,1-4,8-11H2. The molecule has 1 fully saturated rings. The molecule has 0 bridgehead atoms. The second kappa shape index (κ2) is 6.94. The number of rotatable bonds is 4. The lowest BCUT2D eigenvalue weighted by molar-refractivity contribution is 0.145. The highest BCUT2D eigenvalue weighted by Gasteiger charge is 2.31. The van der Waals surface area contributed by atoms with Crippen molar-refractivity contribution in [2.45, 2.75) is 38.5 Å². The second-order valence-corrected chi connectivity index (χ2v) is 6.36. The van der Waals surface area contributed by atoms with Crippen LogP contribution < -0.4 is 4.74 Å². The van der Waals surface area contributed by atoms with Gasteiger partial charge in [-0.25, -0.2) is 4.39 Å². The fourth-order valence-electron chi connectivity index (χ4n) is 2.62. The van der Waals surface area contributed by atoms with Gasteiger partial charge in [-0.3, -0.25) is 0 Å². The minimum atomic E-state index is -0.456. The van der Waals surface area contributed by atoms with E-state index in [1.54, 1.807) is 12.1 Å². The van der Waals surface area contributed by atoms with Crippen LogP contribution in [0.15, 0.2) is 18.2 Å². The van der Waals surface area contributed by atoms with Crippen LogP contribution >= 0.6 is 27.5 Å². The summed E-state index contributed by atoms with van der Waals surface area (Å²) in [5.41, 5.74) is 0.130. The molecule has 1 saturated carbocycles. The Balaban J connectivity index is 2.04. The average Bonchev–Trinajstić information content (AvgIpc) is 2.67. The Bertz CT molecular complexity index is 417. The molecule has 2 rings (SSSR count). The van der Waals surface area contributed by atoms with Gasteiger partial charge in [0.1, 0.15) is 0 Å². The van der Waals surface area contributed by atoms with Crippen LogP contribution in [0.2, 0.25) is 5.02 Å². The van der Waals surface area contributed by atoms with Crippen molar-refractivity contribution < 1.29 is 9.13 Å². The van der Waals surface area contributed by atoms with E-state index < -0.39 is 5.82 Å². The minimum Gasteiger partial charge on any atom is -0.490 e. The van der Waals surface area contributed by atoms with E-state index in [0.29, 0.717) is 6.61 Å². The highest BCUT2D eigenvalue weighted by molar-refractivity contribution is 9.09. The fourth-order valence-corrected chi connectivity index (χ4v) is 3.51. The summed E-state index contributed by atoms with van der Waals surface area (Å²) in [6.45, 7) is 0.551. The summed E-state index contributed by atoms with van der Waals surface area (Å²) in [6.07, 6.45) is 7.32. The minimum absolute atomic E-state index is 0.117. The first-order chi connectivity index (χ1) is 9.17. The van der Waals surface area contributed by atoms with E-state index in [1.165, 1.54) is 31.7 Å². The van der Waals surface area contributed by atoms with Gasteiger partial charge in [-0.2, -0.15) is 0 Å². The van der Waals surface area contributed by atoms with Crippen LogP contribution in [-0.2, 0) is 0 Å². The normalized spacial score (nSPS) is 18.9. The summed E-state index contributed by atoms with van der Waals surface area (Å²) in [4.78, 5) is 0. The van der Waals surface area contributed by atoms with Gasteiger partial charge in [-0.1, -0.05) is 59.3 Å². The monoisotopic (exact) mass is 348 g/mol. The Morgan fingerprint density at radius 3 is 2.53 bits per heavy atom. The van der Waals surface area contributed by atoms with E-state index in [-0.39, 0.29) is 16.2 Å². The zero-order valence-corrected chi connectivity index (χ0v) is 13.3. The van der Waals surface area contributed by atoms with Crippen LogP contribution in [0, 0.1) is 11.2 Å². The predicted octanol–water partition coefficient (Wildman–Crippen LogP) is 5.59. The molecule has 1 aromatic rings. The van der Waals surface area contributed by atoms with Crippen LogP contribution in [0.3, 0.4) is 0 Å². The first-order valence-corrected chi connectivity index (χ1v) is 8.30. The van der Waals surface area contributed by atoms with Crippen LogP contribution in [0.25, 0.3) is 0 Å². The van der Waals surface area contributed by atoms with Crippen molar-refractivity contribution in [2.24, 2.45) is 5.41 Å². The van der Waals surface area contributed by atoms with Gasteiger partial charge in [0.2, 0.25) is 0 Å². The van der Waals surface area contributed by atoms with Crippen molar-refractivity contribution >= 4 is 27.5 Å². The summed E-state index contributed by atoms with van der Waals surface area (Å²) in [5, 5.41) is 1.02. The van der Waals surface area contributed by atoms with E-state index in [1.807, 2.05) is 0 Å². The van der Waals surface area contributed by atoms with Gasteiger partial charge in [-0.05, 0) is 25.0 Å². The lowest BCUT2D eigenvalue weighted by Crippen LogP contribution is -2.30. The molecule has 0 N–H and O–H groups in total. The van der Waals surface area contributed by atoms with E-state index in [0.717, 1.165) is 18.2 Å². The zero-order valence-electron chi connectivity index (χ0n) is 10.9. The van der Waals surface area contributed by atoms with E-state index in [4.69, 9.17) is 16.3 Å². The predicted molar refractivity (Wildman–Crippen MR) is 80.8 cm³/mol. The van der Waals surface area contributed by atoms with Crippen LogP contribution in [0.4, 0.5) is 4.39 Å². The Kier molecular flexibility index (Phi) is 5.52. The molecular formula is C15H19BrClFO. The fraction of sp³-hybridized carbons (Fsp3) is 0.600. The van der Waals surface area contributed by atoms with Crippen molar-refractivity contribution in [2.75, 3.05) is 11.9 Å². The maximum atomic E-state index is 13.8. The molecule has 1 aliphatic carbocycles. The molecule has 0 heterocycles. The number of halogens is 3.